The van der Waals surface area contributed by atoms with Crippen molar-refractivity contribution in [3.63, 3.8) is 0 Å². The molecule has 1 amide bonds. The number of halogens is 1. The van der Waals surface area contributed by atoms with Crippen LogP contribution in [0.3, 0.4) is 0 Å². The van der Waals surface area contributed by atoms with E-state index in [1.54, 1.807) is 5.38 Å². The lowest BCUT2D eigenvalue weighted by Crippen LogP contribution is -2.39. The molecule has 1 aliphatic carbocycles. The highest BCUT2D eigenvalue weighted by atomic mass is 35.5. The summed E-state index contributed by atoms with van der Waals surface area (Å²) >= 11 is 1.16. The van der Waals surface area contributed by atoms with Crippen LogP contribution in [0.5, 0.6) is 0 Å². The summed E-state index contributed by atoms with van der Waals surface area (Å²) in [6.45, 7) is 1.46. The summed E-state index contributed by atoms with van der Waals surface area (Å²) in [5.41, 5.74) is 5.97. The topological polar surface area (TPSA) is 92.5 Å². The van der Waals surface area contributed by atoms with Crippen LogP contribution in [0.4, 0.5) is 0 Å². The van der Waals surface area contributed by atoms with E-state index in [-0.39, 0.29) is 34.1 Å². The highest BCUT2D eigenvalue weighted by Crippen LogP contribution is 2.31. The van der Waals surface area contributed by atoms with E-state index in [2.05, 4.69) is 5.32 Å². The predicted octanol–water partition coefficient (Wildman–Crippen LogP) is 1.42. The molecule has 2 aliphatic rings. The number of thiophene rings is 1. The summed E-state index contributed by atoms with van der Waals surface area (Å²) in [5, 5.41) is 4.42. The SMILES string of the molecule is Cl.NC(CNC(=O)c1sccc1S(=O)(=O)N1CCCC1)C1CC1. The monoisotopic (exact) mass is 379 g/mol. The molecule has 0 bridgehead atoms. The van der Waals surface area contributed by atoms with Crippen molar-refractivity contribution in [2.24, 2.45) is 11.7 Å². The largest absolute Gasteiger partial charge is 0.350 e. The Bertz CT molecular complexity index is 652. The van der Waals surface area contributed by atoms with Gasteiger partial charge in [-0.3, -0.25) is 4.79 Å². The van der Waals surface area contributed by atoms with Crippen LogP contribution < -0.4 is 11.1 Å². The summed E-state index contributed by atoms with van der Waals surface area (Å²) in [4.78, 5) is 12.7. The Kier molecular flexibility index (Phi) is 6.07. The van der Waals surface area contributed by atoms with Gasteiger partial charge in [-0.2, -0.15) is 4.31 Å². The summed E-state index contributed by atoms with van der Waals surface area (Å²) in [5.74, 6) is 0.153. The van der Waals surface area contributed by atoms with Gasteiger partial charge < -0.3 is 11.1 Å². The highest BCUT2D eigenvalue weighted by molar-refractivity contribution is 7.89. The number of carbonyl (C=O) groups is 1. The lowest BCUT2D eigenvalue weighted by molar-refractivity contribution is 0.0951. The van der Waals surface area contributed by atoms with Crippen molar-refractivity contribution >= 4 is 39.7 Å². The molecule has 130 valence electrons. The van der Waals surface area contributed by atoms with E-state index in [1.807, 2.05) is 0 Å². The van der Waals surface area contributed by atoms with Crippen molar-refractivity contribution in [1.29, 1.82) is 0 Å². The minimum atomic E-state index is -3.56. The molecule has 23 heavy (non-hydrogen) atoms. The van der Waals surface area contributed by atoms with E-state index in [0.29, 0.717) is 25.6 Å². The molecule has 1 saturated carbocycles. The number of amides is 1. The smallest absolute Gasteiger partial charge is 0.262 e. The molecular formula is C14H22ClN3O3S2. The molecule has 1 aromatic rings. The van der Waals surface area contributed by atoms with Gasteiger partial charge >= 0.3 is 0 Å². The van der Waals surface area contributed by atoms with Crippen molar-refractivity contribution in [2.75, 3.05) is 19.6 Å². The molecule has 0 radical (unpaired) electrons. The quantitative estimate of drug-likeness (QED) is 0.781. The second-order valence-electron chi connectivity index (χ2n) is 5.94. The van der Waals surface area contributed by atoms with Gasteiger partial charge in [0.25, 0.3) is 5.91 Å². The van der Waals surface area contributed by atoms with Gasteiger partial charge in [0.15, 0.2) is 0 Å². The summed E-state index contributed by atoms with van der Waals surface area (Å²) < 4.78 is 26.7. The maximum Gasteiger partial charge on any atom is 0.262 e. The number of rotatable bonds is 6. The van der Waals surface area contributed by atoms with Gasteiger partial charge in [-0.25, -0.2) is 8.42 Å². The van der Waals surface area contributed by atoms with Gasteiger partial charge in [-0.15, -0.1) is 23.7 Å². The van der Waals surface area contributed by atoms with E-state index in [9.17, 15) is 13.2 Å². The zero-order valence-corrected chi connectivity index (χ0v) is 15.2. The van der Waals surface area contributed by atoms with Gasteiger partial charge in [-0.05, 0) is 43.0 Å². The molecule has 3 N–H and O–H groups in total. The van der Waals surface area contributed by atoms with Gasteiger partial charge in [0.1, 0.15) is 9.77 Å². The number of hydrogen-bond acceptors (Lipinski definition) is 5. The average Bonchev–Trinajstić information content (AvgIpc) is 3.01. The van der Waals surface area contributed by atoms with E-state index in [1.165, 1.54) is 10.4 Å². The molecule has 1 saturated heterocycles. The van der Waals surface area contributed by atoms with Crippen molar-refractivity contribution < 1.29 is 13.2 Å². The predicted molar refractivity (Wildman–Crippen MR) is 92.6 cm³/mol. The van der Waals surface area contributed by atoms with Crippen LogP contribution in [0.2, 0.25) is 0 Å². The van der Waals surface area contributed by atoms with Crippen molar-refractivity contribution in [3.8, 4) is 0 Å². The standard InChI is InChI=1S/C14H21N3O3S2.ClH/c15-11(10-3-4-10)9-16-14(18)13-12(5-8-21-13)22(19,20)17-6-1-2-7-17;/h5,8,10-11H,1-4,6-7,9,15H2,(H,16,18);1H. The van der Waals surface area contributed by atoms with Crippen LogP contribution in [0, 0.1) is 5.92 Å². The maximum atomic E-state index is 12.6. The van der Waals surface area contributed by atoms with Crippen LogP contribution in [0.1, 0.15) is 35.4 Å². The first kappa shape index (κ1) is 18.7. The van der Waals surface area contributed by atoms with Crippen LogP contribution in [0.25, 0.3) is 0 Å². The van der Waals surface area contributed by atoms with Crippen molar-refractivity contribution in [2.45, 2.75) is 36.6 Å². The third-order valence-corrected chi connectivity index (χ3v) is 7.23. The summed E-state index contributed by atoms with van der Waals surface area (Å²) in [6.07, 6.45) is 3.98. The number of nitrogens with one attached hydrogen (secondary N) is 1. The first-order valence-corrected chi connectivity index (χ1v) is 9.93. The summed E-state index contributed by atoms with van der Waals surface area (Å²) in [7, 11) is -3.56. The molecule has 1 aromatic heterocycles. The third kappa shape index (κ3) is 4.06. The molecule has 6 nitrogen and oxygen atoms in total. The van der Waals surface area contributed by atoms with E-state index in [4.69, 9.17) is 5.73 Å². The minimum absolute atomic E-state index is 0. The molecular weight excluding hydrogens is 358 g/mol. The van der Waals surface area contributed by atoms with Gasteiger partial charge in [0, 0.05) is 25.7 Å². The Hall–Kier alpha value is -0.670. The van der Waals surface area contributed by atoms with Crippen LogP contribution in [-0.2, 0) is 10.0 Å². The average molecular weight is 380 g/mol. The number of nitrogens with zero attached hydrogens (tertiary/aromatic N) is 1. The molecule has 2 heterocycles. The Morgan fingerprint density at radius 3 is 2.65 bits per heavy atom. The molecule has 1 atom stereocenters. The van der Waals surface area contributed by atoms with Gasteiger partial charge in [0.2, 0.25) is 10.0 Å². The normalized spacial score (nSPS) is 20.0. The minimum Gasteiger partial charge on any atom is -0.350 e. The fraction of sp³-hybridized carbons (Fsp3) is 0.643. The molecule has 9 heteroatoms. The lowest BCUT2D eigenvalue weighted by Gasteiger charge is -2.16. The Morgan fingerprint density at radius 2 is 2.04 bits per heavy atom. The third-order valence-electron chi connectivity index (χ3n) is 4.24. The maximum absolute atomic E-state index is 12.6. The van der Waals surface area contributed by atoms with Gasteiger partial charge in [0.05, 0.1) is 0 Å². The van der Waals surface area contributed by atoms with E-state index >= 15 is 0 Å². The lowest BCUT2D eigenvalue weighted by atomic mass is 10.2. The second-order valence-corrected chi connectivity index (χ2v) is 8.76. The molecule has 3 rings (SSSR count). The Balaban J connectivity index is 0.00000192. The van der Waals surface area contributed by atoms with Crippen molar-refractivity contribution in [1.82, 2.24) is 9.62 Å². The summed E-state index contributed by atoms with van der Waals surface area (Å²) in [6, 6.07) is 1.48. The Morgan fingerprint density at radius 1 is 1.39 bits per heavy atom. The van der Waals surface area contributed by atoms with Crippen molar-refractivity contribution in [3.05, 3.63) is 16.3 Å². The fourth-order valence-corrected chi connectivity index (χ4v) is 5.55. The highest BCUT2D eigenvalue weighted by Gasteiger charge is 2.32. The van der Waals surface area contributed by atoms with Crippen LogP contribution >= 0.6 is 23.7 Å². The van der Waals surface area contributed by atoms with E-state index in [0.717, 1.165) is 37.0 Å². The number of nitrogens with two attached hydrogens (primary N) is 1. The first-order chi connectivity index (χ1) is 10.5. The molecule has 1 aliphatic heterocycles. The second kappa shape index (κ2) is 7.48. The van der Waals surface area contributed by atoms with Crippen LogP contribution in [-0.4, -0.2) is 44.3 Å². The molecule has 0 aromatic carbocycles. The zero-order chi connectivity index (χ0) is 15.7. The van der Waals surface area contributed by atoms with Gasteiger partial charge in [-0.1, -0.05) is 0 Å². The van der Waals surface area contributed by atoms with Crippen LogP contribution in [0.15, 0.2) is 16.3 Å². The zero-order valence-electron chi connectivity index (χ0n) is 12.7. The molecule has 2 fully saturated rings. The molecule has 0 spiro atoms. The number of hydrogen-bond donors (Lipinski definition) is 2. The number of carbonyl (C=O) groups excluding carboxylic acids is 1. The first-order valence-electron chi connectivity index (χ1n) is 7.61. The number of sulfonamides is 1. The molecule has 1 unspecified atom stereocenters. The fourth-order valence-electron chi connectivity index (χ4n) is 2.72. The Labute approximate surface area is 146 Å². The van der Waals surface area contributed by atoms with E-state index < -0.39 is 10.0 Å².